The molecule has 152 valence electrons. The van der Waals surface area contributed by atoms with Crippen molar-refractivity contribution >= 4 is 41.9 Å². The van der Waals surface area contributed by atoms with E-state index in [9.17, 15) is 9.59 Å². The van der Waals surface area contributed by atoms with Gasteiger partial charge in [0.2, 0.25) is 0 Å². The number of hydrogen-bond acceptors (Lipinski definition) is 3. The first kappa shape index (κ1) is 22.0. The number of nitrogens with one attached hydrogen (secondary N) is 3. The van der Waals surface area contributed by atoms with E-state index < -0.39 is 5.54 Å². The van der Waals surface area contributed by atoms with Crippen molar-refractivity contribution in [1.29, 1.82) is 0 Å². The summed E-state index contributed by atoms with van der Waals surface area (Å²) in [5, 5.41) is 8.60. The average molecular weight is 489 g/mol. The smallest absolute Gasteiger partial charge is 0.322 e. The lowest BCUT2D eigenvalue weighted by Gasteiger charge is -2.39. The molecule has 0 aromatic rings. The van der Waals surface area contributed by atoms with Gasteiger partial charge in [0.05, 0.1) is 0 Å². The van der Waals surface area contributed by atoms with Crippen molar-refractivity contribution in [2.24, 2.45) is 16.8 Å². The van der Waals surface area contributed by atoms with Crippen LogP contribution in [0.1, 0.15) is 46.0 Å². The molecular formula is C19H32IN5O2. The lowest BCUT2D eigenvalue weighted by atomic mass is 9.79. The second-order valence-electron chi connectivity index (χ2n) is 7.72. The third kappa shape index (κ3) is 5.14. The van der Waals surface area contributed by atoms with Crippen LogP contribution < -0.4 is 16.0 Å². The summed E-state index contributed by atoms with van der Waals surface area (Å²) < 4.78 is 0. The number of hydrogen-bond donors (Lipinski definition) is 3. The molecule has 2 fully saturated rings. The van der Waals surface area contributed by atoms with Gasteiger partial charge in [-0.3, -0.25) is 15.1 Å². The van der Waals surface area contributed by atoms with Crippen LogP contribution in [0.3, 0.4) is 0 Å². The molecule has 3 rings (SSSR count). The molecule has 2 heterocycles. The minimum Gasteiger partial charge on any atom is -0.357 e. The third-order valence-corrected chi connectivity index (χ3v) is 5.89. The van der Waals surface area contributed by atoms with Gasteiger partial charge in [0, 0.05) is 26.2 Å². The number of piperidine rings is 1. The van der Waals surface area contributed by atoms with E-state index in [4.69, 9.17) is 4.99 Å². The van der Waals surface area contributed by atoms with Crippen LogP contribution in [0.4, 0.5) is 4.79 Å². The number of aliphatic imine (C=N–C) groups is 1. The van der Waals surface area contributed by atoms with E-state index >= 15 is 0 Å². The molecule has 1 aliphatic carbocycles. The molecular weight excluding hydrogens is 457 g/mol. The number of halogens is 1. The fourth-order valence-electron chi connectivity index (χ4n) is 4.18. The summed E-state index contributed by atoms with van der Waals surface area (Å²) in [6, 6.07) is -0.378. The highest BCUT2D eigenvalue weighted by Crippen LogP contribution is 2.30. The van der Waals surface area contributed by atoms with Gasteiger partial charge in [-0.25, -0.2) is 4.79 Å². The Balaban J connectivity index is 0.00000261. The van der Waals surface area contributed by atoms with E-state index in [1.807, 2.05) is 6.92 Å². The lowest BCUT2D eigenvalue weighted by Crippen LogP contribution is -2.55. The van der Waals surface area contributed by atoms with Crippen LogP contribution in [0, 0.1) is 11.8 Å². The first-order valence-corrected chi connectivity index (χ1v) is 9.84. The Kier molecular flexibility index (Phi) is 7.93. The van der Waals surface area contributed by atoms with Gasteiger partial charge in [-0.15, -0.1) is 24.0 Å². The summed E-state index contributed by atoms with van der Waals surface area (Å²) in [5.41, 5.74) is -0.785. The molecule has 7 nitrogen and oxygen atoms in total. The van der Waals surface area contributed by atoms with Crippen LogP contribution in [0.5, 0.6) is 0 Å². The van der Waals surface area contributed by atoms with E-state index in [2.05, 4.69) is 39.9 Å². The normalized spacial score (nSPS) is 29.2. The minimum atomic E-state index is -0.785. The summed E-state index contributed by atoms with van der Waals surface area (Å²) in [6.45, 7) is 7.33. The minimum absolute atomic E-state index is 0. The fraction of sp³-hybridized carbons (Fsp3) is 0.737. The molecule has 3 amide bonds. The number of likely N-dealkylation sites (tertiary alicyclic amines) is 1. The van der Waals surface area contributed by atoms with Crippen molar-refractivity contribution in [2.45, 2.75) is 51.5 Å². The molecule has 2 atom stereocenters. The van der Waals surface area contributed by atoms with Crippen LogP contribution >= 0.6 is 24.0 Å². The largest absolute Gasteiger partial charge is 0.357 e. The van der Waals surface area contributed by atoms with Gasteiger partial charge in [-0.05, 0) is 57.8 Å². The number of imide groups is 1. The van der Waals surface area contributed by atoms with Crippen LogP contribution in [0.15, 0.2) is 17.1 Å². The Morgan fingerprint density at radius 2 is 2.04 bits per heavy atom. The molecule has 27 heavy (non-hydrogen) atoms. The number of nitrogens with zero attached hydrogens (tertiary/aromatic N) is 2. The zero-order valence-electron chi connectivity index (χ0n) is 16.3. The van der Waals surface area contributed by atoms with Crippen molar-refractivity contribution in [2.75, 3.05) is 26.2 Å². The second-order valence-corrected chi connectivity index (χ2v) is 7.72. The molecule has 0 radical (unpaired) electrons. The molecule has 0 aromatic carbocycles. The number of guanidine groups is 1. The molecule has 3 N–H and O–H groups in total. The fourth-order valence-corrected chi connectivity index (χ4v) is 4.18. The maximum atomic E-state index is 12.2. The highest BCUT2D eigenvalue weighted by molar-refractivity contribution is 14.0. The van der Waals surface area contributed by atoms with Crippen molar-refractivity contribution in [3.8, 4) is 0 Å². The number of amides is 3. The predicted molar refractivity (Wildman–Crippen MR) is 117 cm³/mol. The average Bonchev–Trinajstić information content (AvgIpc) is 2.92. The summed E-state index contributed by atoms with van der Waals surface area (Å²) in [6.07, 6.45) is 9.75. The lowest BCUT2D eigenvalue weighted by molar-refractivity contribution is -0.125. The monoisotopic (exact) mass is 489 g/mol. The van der Waals surface area contributed by atoms with Crippen molar-refractivity contribution < 1.29 is 9.59 Å². The van der Waals surface area contributed by atoms with Crippen LogP contribution in [-0.4, -0.2) is 54.5 Å². The predicted octanol–water partition coefficient (Wildman–Crippen LogP) is 2.24. The SMILES string of the molecule is CCNC(=NCC1CC=CCC1)N1CCC(C2(C)NC(=O)NC2=O)CC1.I. The maximum absolute atomic E-state index is 12.2. The van der Waals surface area contributed by atoms with Gasteiger partial charge >= 0.3 is 6.03 Å². The molecule has 0 spiro atoms. The number of urea groups is 1. The van der Waals surface area contributed by atoms with E-state index in [0.29, 0.717) is 5.92 Å². The summed E-state index contributed by atoms with van der Waals surface area (Å²) in [7, 11) is 0. The van der Waals surface area contributed by atoms with Crippen molar-refractivity contribution in [3.63, 3.8) is 0 Å². The van der Waals surface area contributed by atoms with Crippen molar-refractivity contribution in [1.82, 2.24) is 20.9 Å². The molecule has 0 bridgehead atoms. The van der Waals surface area contributed by atoms with E-state index in [1.165, 1.54) is 6.42 Å². The Hall–Kier alpha value is -1.32. The maximum Gasteiger partial charge on any atom is 0.322 e. The molecule has 0 aromatic heterocycles. The van der Waals surface area contributed by atoms with Crippen LogP contribution in [0.2, 0.25) is 0 Å². The highest BCUT2D eigenvalue weighted by Gasteiger charge is 2.48. The number of carbonyl (C=O) groups excluding carboxylic acids is 2. The molecule has 3 aliphatic rings. The Morgan fingerprint density at radius 1 is 1.30 bits per heavy atom. The van der Waals surface area contributed by atoms with Crippen LogP contribution in [-0.2, 0) is 4.79 Å². The topological polar surface area (TPSA) is 85.8 Å². The van der Waals surface area contributed by atoms with Gasteiger partial charge in [-0.1, -0.05) is 12.2 Å². The Bertz CT molecular complexity index is 601. The van der Waals surface area contributed by atoms with Gasteiger partial charge in [-0.2, -0.15) is 0 Å². The van der Waals surface area contributed by atoms with Crippen molar-refractivity contribution in [3.05, 3.63) is 12.2 Å². The molecule has 2 aliphatic heterocycles. The number of allylic oxidation sites excluding steroid dienone is 2. The van der Waals surface area contributed by atoms with E-state index in [-0.39, 0.29) is 41.8 Å². The van der Waals surface area contributed by atoms with Crippen LogP contribution in [0.25, 0.3) is 0 Å². The zero-order valence-corrected chi connectivity index (χ0v) is 18.6. The van der Waals surface area contributed by atoms with Gasteiger partial charge in [0.15, 0.2) is 5.96 Å². The van der Waals surface area contributed by atoms with E-state index in [1.54, 1.807) is 0 Å². The molecule has 2 unspecified atom stereocenters. The molecule has 2 saturated heterocycles. The highest BCUT2D eigenvalue weighted by atomic mass is 127. The Morgan fingerprint density at radius 3 is 2.59 bits per heavy atom. The quantitative estimate of drug-likeness (QED) is 0.186. The number of carbonyl (C=O) groups is 2. The standard InChI is InChI=1S/C19H31N5O2.HI/c1-3-20-17(21-13-14-7-5-4-6-8-14)24-11-9-15(10-12-24)19(2)16(25)22-18(26)23-19;/h4-5,14-15H,3,6-13H2,1-2H3,(H,20,21)(H2,22,23,25,26);1H. The number of rotatable bonds is 4. The molecule has 8 heteroatoms. The Labute approximate surface area is 178 Å². The first-order chi connectivity index (χ1) is 12.5. The van der Waals surface area contributed by atoms with E-state index in [0.717, 1.165) is 57.8 Å². The third-order valence-electron chi connectivity index (χ3n) is 5.89. The zero-order chi connectivity index (χ0) is 18.6. The first-order valence-electron chi connectivity index (χ1n) is 9.84. The summed E-state index contributed by atoms with van der Waals surface area (Å²) >= 11 is 0. The van der Waals surface area contributed by atoms with Gasteiger partial charge in [0.25, 0.3) is 5.91 Å². The second kappa shape index (κ2) is 9.75. The summed E-state index contributed by atoms with van der Waals surface area (Å²) in [5.74, 6) is 1.57. The van der Waals surface area contributed by atoms with Gasteiger partial charge < -0.3 is 15.5 Å². The van der Waals surface area contributed by atoms with Gasteiger partial charge in [0.1, 0.15) is 5.54 Å². The molecule has 0 saturated carbocycles. The summed E-state index contributed by atoms with van der Waals surface area (Å²) in [4.78, 5) is 30.8.